The molecule has 2 aromatic rings. The fourth-order valence-electron chi connectivity index (χ4n) is 2.11. The molecule has 0 bridgehead atoms. The average molecular weight is 364 g/mol. The summed E-state index contributed by atoms with van der Waals surface area (Å²) >= 11 is 0. The van der Waals surface area contributed by atoms with Crippen molar-refractivity contribution in [1.82, 2.24) is 4.72 Å². The first-order valence-electron chi connectivity index (χ1n) is 7.47. The van der Waals surface area contributed by atoms with Crippen LogP contribution in [0.1, 0.15) is 6.92 Å². The van der Waals surface area contributed by atoms with Crippen LogP contribution in [0.5, 0.6) is 11.5 Å². The van der Waals surface area contributed by atoms with Gasteiger partial charge in [0.1, 0.15) is 11.5 Å². The summed E-state index contributed by atoms with van der Waals surface area (Å²) in [6, 6.07) is 11.8. The van der Waals surface area contributed by atoms with Gasteiger partial charge in [0, 0.05) is 6.07 Å². The third-order valence-corrected chi connectivity index (χ3v) is 5.00. The molecule has 0 aliphatic rings. The number of ether oxygens (including phenoxy) is 2. The van der Waals surface area contributed by atoms with E-state index in [-0.39, 0.29) is 4.90 Å². The number of anilines is 1. The van der Waals surface area contributed by atoms with Gasteiger partial charge in [0.25, 0.3) is 0 Å². The molecule has 0 saturated carbocycles. The number of hydrogen-bond donors (Lipinski definition) is 2. The Labute approximate surface area is 147 Å². The lowest BCUT2D eigenvalue weighted by Crippen LogP contribution is -2.41. The smallest absolute Gasteiger partial charge is 0.242 e. The lowest BCUT2D eigenvalue weighted by atomic mass is 10.2. The fraction of sp³-hybridized carbons (Fsp3) is 0.235. The van der Waals surface area contributed by atoms with E-state index >= 15 is 0 Å². The van der Waals surface area contributed by atoms with Gasteiger partial charge in [0.15, 0.2) is 0 Å². The molecule has 1 atom stereocenters. The van der Waals surface area contributed by atoms with E-state index in [0.717, 1.165) is 0 Å². The van der Waals surface area contributed by atoms with Gasteiger partial charge < -0.3 is 14.8 Å². The Kier molecular flexibility index (Phi) is 6.00. The van der Waals surface area contributed by atoms with E-state index in [1.807, 2.05) is 0 Å². The molecular formula is C17H20N2O5S. The molecule has 1 amide bonds. The summed E-state index contributed by atoms with van der Waals surface area (Å²) in [5.41, 5.74) is 0.387. The van der Waals surface area contributed by atoms with E-state index in [1.165, 1.54) is 33.3 Å². The summed E-state index contributed by atoms with van der Waals surface area (Å²) in [7, 11) is -0.817. The number of nitrogens with one attached hydrogen (secondary N) is 2. The highest BCUT2D eigenvalue weighted by Crippen LogP contribution is 2.29. The summed E-state index contributed by atoms with van der Waals surface area (Å²) < 4.78 is 37.2. The van der Waals surface area contributed by atoms with Gasteiger partial charge >= 0.3 is 0 Å². The number of methoxy groups -OCH3 is 2. The molecule has 8 heteroatoms. The van der Waals surface area contributed by atoms with E-state index in [4.69, 9.17) is 9.47 Å². The molecular weight excluding hydrogens is 344 g/mol. The van der Waals surface area contributed by atoms with Crippen molar-refractivity contribution in [3.63, 3.8) is 0 Å². The number of hydrogen-bond acceptors (Lipinski definition) is 5. The lowest BCUT2D eigenvalue weighted by molar-refractivity contribution is -0.117. The molecule has 0 unspecified atom stereocenters. The average Bonchev–Trinajstić information content (AvgIpc) is 2.62. The molecule has 2 aromatic carbocycles. The van der Waals surface area contributed by atoms with Crippen molar-refractivity contribution in [2.24, 2.45) is 0 Å². The monoisotopic (exact) mass is 364 g/mol. The second-order valence-corrected chi connectivity index (χ2v) is 6.93. The van der Waals surface area contributed by atoms with Crippen molar-refractivity contribution in [2.45, 2.75) is 17.9 Å². The van der Waals surface area contributed by atoms with E-state index in [0.29, 0.717) is 17.2 Å². The zero-order valence-electron chi connectivity index (χ0n) is 14.1. The van der Waals surface area contributed by atoms with Gasteiger partial charge in [-0.25, -0.2) is 8.42 Å². The van der Waals surface area contributed by atoms with Crippen molar-refractivity contribution >= 4 is 21.6 Å². The normalized spacial score (nSPS) is 12.3. The van der Waals surface area contributed by atoms with E-state index in [2.05, 4.69) is 10.0 Å². The molecule has 0 saturated heterocycles. The maximum Gasteiger partial charge on any atom is 0.242 e. The summed E-state index contributed by atoms with van der Waals surface area (Å²) in [4.78, 5) is 12.4. The minimum Gasteiger partial charge on any atom is -0.497 e. The summed E-state index contributed by atoms with van der Waals surface area (Å²) in [5, 5.41) is 2.64. The van der Waals surface area contributed by atoms with Crippen molar-refractivity contribution in [2.75, 3.05) is 19.5 Å². The predicted molar refractivity (Wildman–Crippen MR) is 94.4 cm³/mol. The van der Waals surface area contributed by atoms with Gasteiger partial charge in [-0.05, 0) is 31.2 Å². The van der Waals surface area contributed by atoms with Crippen molar-refractivity contribution in [1.29, 1.82) is 0 Å². The van der Waals surface area contributed by atoms with Crippen LogP contribution in [0.15, 0.2) is 53.4 Å². The number of sulfonamides is 1. The Morgan fingerprint density at radius 3 is 2.32 bits per heavy atom. The quantitative estimate of drug-likeness (QED) is 0.784. The van der Waals surface area contributed by atoms with Gasteiger partial charge in [-0.15, -0.1) is 0 Å². The molecule has 0 aliphatic carbocycles. The Balaban J connectivity index is 2.13. The highest BCUT2D eigenvalue weighted by atomic mass is 32.2. The molecule has 2 rings (SSSR count). The minimum atomic E-state index is -3.79. The first-order chi connectivity index (χ1) is 11.9. The fourth-order valence-corrected chi connectivity index (χ4v) is 3.33. The molecule has 25 heavy (non-hydrogen) atoms. The Hall–Kier alpha value is -2.58. The Bertz CT molecular complexity index is 837. The van der Waals surface area contributed by atoms with Gasteiger partial charge in [-0.2, -0.15) is 4.72 Å². The number of benzene rings is 2. The number of carbonyl (C=O) groups excluding carboxylic acids is 1. The van der Waals surface area contributed by atoms with Gasteiger partial charge in [0.05, 0.1) is 30.8 Å². The summed E-state index contributed by atoms with van der Waals surface area (Å²) in [6.45, 7) is 1.46. The third kappa shape index (κ3) is 4.71. The lowest BCUT2D eigenvalue weighted by Gasteiger charge is -2.16. The molecule has 0 heterocycles. The molecule has 2 N–H and O–H groups in total. The second-order valence-electron chi connectivity index (χ2n) is 5.21. The minimum absolute atomic E-state index is 0.0913. The van der Waals surface area contributed by atoms with Crippen LogP contribution in [0.4, 0.5) is 5.69 Å². The topological polar surface area (TPSA) is 93.7 Å². The first kappa shape index (κ1) is 18.8. The van der Waals surface area contributed by atoms with Crippen molar-refractivity contribution in [3.8, 4) is 11.5 Å². The maximum atomic E-state index is 12.4. The Morgan fingerprint density at radius 2 is 1.72 bits per heavy atom. The van der Waals surface area contributed by atoms with Crippen molar-refractivity contribution < 1.29 is 22.7 Å². The maximum absolute atomic E-state index is 12.4. The molecule has 0 aliphatic heterocycles. The van der Waals surface area contributed by atoms with Crippen LogP contribution >= 0.6 is 0 Å². The zero-order valence-corrected chi connectivity index (χ0v) is 15.0. The first-order valence-corrected chi connectivity index (χ1v) is 8.96. The van der Waals surface area contributed by atoms with E-state index in [9.17, 15) is 13.2 Å². The standard InChI is InChI=1S/C17H20N2O5S/c1-12(19-25(21,22)14-7-5-4-6-8-14)17(20)18-15-11-13(23-2)9-10-16(15)24-3/h4-12,19H,1-3H3,(H,18,20)/t12-/m0/s1. The zero-order chi connectivity index (χ0) is 18.4. The predicted octanol–water partition coefficient (Wildman–Crippen LogP) is 2.01. The highest BCUT2D eigenvalue weighted by Gasteiger charge is 2.22. The van der Waals surface area contributed by atoms with Crippen LogP contribution < -0.4 is 19.5 Å². The van der Waals surface area contributed by atoms with Gasteiger partial charge in [0.2, 0.25) is 15.9 Å². The molecule has 0 spiro atoms. The van der Waals surface area contributed by atoms with Crippen LogP contribution in [-0.2, 0) is 14.8 Å². The Morgan fingerprint density at radius 1 is 1.04 bits per heavy atom. The molecule has 7 nitrogen and oxygen atoms in total. The van der Waals surface area contributed by atoms with Crippen molar-refractivity contribution in [3.05, 3.63) is 48.5 Å². The SMILES string of the molecule is COc1ccc(OC)c(NC(=O)[C@H](C)NS(=O)(=O)c2ccccc2)c1. The summed E-state index contributed by atoms with van der Waals surface area (Å²) in [6.07, 6.45) is 0. The molecule has 134 valence electrons. The highest BCUT2D eigenvalue weighted by molar-refractivity contribution is 7.89. The number of rotatable bonds is 7. The number of amides is 1. The number of carbonyl (C=O) groups is 1. The summed E-state index contributed by atoms with van der Waals surface area (Å²) in [5.74, 6) is 0.451. The second kappa shape index (κ2) is 8.00. The van der Waals surface area contributed by atoms with Gasteiger partial charge in [-0.1, -0.05) is 18.2 Å². The van der Waals surface area contributed by atoms with Gasteiger partial charge in [-0.3, -0.25) is 4.79 Å². The van der Waals surface area contributed by atoms with Crippen LogP contribution in [0, 0.1) is 0 Å². The van der Waals surface area contributed by atoms with Crippen LogP contribution in [0.3, 0.4) is 0 Å². The van der Waals surface area contributed by atoms with Crippen LogP contribution in [0.2, 0.25) is 0 Å². The molecule has 0 fully saturated rings. The molecule has 0 radical (unpaired) electrons. The molecule has 0 aromatic heterocycles. The van der Waals surface area contributed by atoms with Crippen LogP contribution in [-0.4, -0.2) is 34.6 Å². The van der Waals surface area contributed by atoms with Crippen LogP contribution in [0.25, 0.3) is 0 Å². The third-order valence-electron chi connectivity index (χ3n) is 3.44. The largest absolute Gasteiger partial charge is 0.497 e. The van der Waals surface area contributed by atoms with E-state index < -0.39 is 22.0 Å². The van der Waals surface area contributed by atoms with E-state index in [1.54, 1.807) is 36.4 Å².